The number of para-hydroxylation sites is 1. The summed E-state index contributed by atoms with van der Waals surface area (Å²) in [6.07, 6.45) is 0. The summed E-state index contributed by atoms with van der Waals surface area (Å²) in [6.45, 7) is 9.14. The largest absolute Gasteiger partial charge is 0.462 e. The van der Waals surface area contributed by atoms with E-state index in [9.17, 15) is 4.79 Å². The smallest absolute Gasteiger partial charge is 0.340 e. The lowest BCUT2D eigenvalue weighted by molar-refractivity contribution is 0.0527. The molecule has 0 heterocycles. The molecule has 4 heteroatoms. The van der Waals surface area contributed by atoms with Crippen molar-refractivity contribution >= 4 is 17.3 Å². The van der Waals surface area contributed by atoms with Gasteiger partial charge in [-0.25, -0.2) is 4.79 Å². The highest BCUT2D eigenvalue weighted by atomic mass is 16.5. The molecule has 0 aliphatic carbocycles. The molecular formula is C14H22N2O2. The molecule has 1 aromatic rings. The Kier molecular flexibility index (Phi) is 5.01. The van der Waals surface area contributed by atoms with Crippen molar-refractivity contribution in [2.75, 3.05) is 23.8 Å². The average molecular weight is 250 g/mol. The molecular weight excluding hydrogens is 228 g/mol. The Balaban J connectivity index is 3.27. The second-order valence-corrected chi connectivity index (χ2v) is 4.34. The number of ether oxygens (including phenoxy) is 1. The van der Waals surface area contributed by atoms with Crippen molar-refractivity contribution in [1.29, 1.82) is 0 Å². The van der Waals surface area contributed by atoms with Gasteiger partial charge in [-0.3, -0.25) is 0 Å². The normalized spacial score (nSPS) is 10.5. The molecule has 0 aliphatic heterocycles. The molecule has 0 saturated heterocycles. The zero-order valence-electron chi connectivity index (χ0n) is 11.6. The number of anilines is 2. The van der Waals surface area contributed by atoms with E-state index in [1.54, 1.807) is 19.1 Å². The summed E-state index contributed by atoms with van der Waals surface area (Å²) in [5, 5.41) is 0. The predicted molar refractivity (Wildman–Crippen MR) is 75.0 cm³/mol. The summed E-state index contributed by atoms with van der Waals surface area (Å²) >= 11 is 0. The van der Waals surface area contributed by atoms with Crippen LogP contribution in [0.5, 0.6) is 0 Å². The number of hydrogen-bond acceptors (Lipinski definition) is 4. The molecule has 2 N–H and O–H groups in total. The molecule has 0 aliphatic rings. The SMILES string of the molecule is CCOC(=O)c1cccc(N)c1N(CC)C(C)C. The van der Waals surface area contributed by atoms with Gasteiger partial charge in [0.25, 0.3) is 0 Å². The van der Waals surface area contributed by atoms with E-state index >= 15 is 0 Å². The van der Waals surface area contributed by atoms with Gasteiger partial charge in [0.15, 0.2) is 0 Å². The van der Waals surface area contributed by atoms with Gasteiger partial charge in [0.05, 0.1) is 23.5 Å². The molecule has 100 valence electrons. The molecule has 1 aromatic carbocycles. The molecule has 0 saturated carbocycles. The van der Waals surface area contributed by atoms with Crippen LogP contribution in [-0.2, 0) is 4.74 Å². The van der Waals surface area contributed by atoms with E-state index in [2.05, 4.69) is 18.7 Å². The maximum absolute atomic E-state index is 12.0. The third-order valence-corrected chi connectivity index (χ3v) is 2.81. The Bertz CT molecular complexity index is 416. The number of esters is 1. The van der Waals surface area contributed by atoms with Gasteiger partial charge < -0.3 is 15.4 Å². The minimum atomic E-state index is -0.320. The van der Waals surface area contributed by atoms with Crippen LogP contribution in [0.1, 0.15) is 38.1 Å². The van der Waals surface area contributed by atoms with Crippen LogP contribution >= 0.6 is 0 Å². The van der Waals surface area contributed by atoms with Crippen LogP contribution in [0, 0.1) is 0 Å². The molecule has 0 atom stereocenters. The minimum absolute atomic E-state index is 0.271. The Labute approximate surface area is 109 Å². The first-order valence-corrected chi connectivity index (χ1v) is 6.35. The van der Waals surface area contributed by atoms with Gasteiger partial charge in [0, 0.05) is 12.6 Å². The van der Waals surface area contributed by atoms with E-state index in [-0.39, 0.29) is 12.0 Å². The van der Waals surface area contributed by atoms with Crippen LogP contribution in [0.3, 0.4) is 0 Å². The quantitative estimate of drug-likeness (QED) is 0.645. The Morgan fingerprint density at radius 3 is 2.56 bits per heavy atom. The summed E-state index contributed by atoms with van der Waals surface area (Å²) < 4.78 is 5.08. The minimum Gasteiger partial charge on any atom is -0.462 e. The standard InChI is InChI=1S/C14H22N2O2/c1-5-16(10(3)4)13-11(14(17)18-6-2)8-7-9-12(13)15/h7-10H,5-6,15H2,1-4H3. The van der Waals surface area contributed by atoms with E-state index in [4.69, 9.17) is 10.5 Å². The molecule has 4 nitrogen and oxygen atoms in total. The lowest BCUT2D eigenvalue weighted by Crippen LogP contribution is -2.32. The average Bonchev–Trinajstić information content (AvgIpc) is 2.31. The number of hydrogen-bond donors (Lipinski definition) is 1. The number of carbonyl (C=O) groups is 1. The van der Waals surface area contributed by atoms with Gasteiger partial charge in [-0.2, -0.15) is 0 Å². The van der Waals surface area contributed by atoms with Crippen molar-refractivity contribution in [3.63, 3.8) is 0 Å². The number of nitrogen functional groups attached to an aromatic ring is 1. The van der Waals surface area contributed by atoms with Crippen LogP contribution in [0.15, 0.2) is 18.2 Å². The second-order valence-electron chi connectivity index (χ2n) is 4.34. The zero-order valence-corrected chi connectivity index (χ0v) is 11.6. The molecule has 18 heavy (non-hydrogen) atoms. The van der Waals surface area contributed by atoms with Crippen molar-refractivity contribution in [2.45, 2.75) is 33.7 Å². The first-order chi connectivity index (χ1) is 8.52. The van der Waals surface area contributed by atoms with Crippen molar-refractivity contribution in [3.8, 4) is 0 Å². The number of rotatable bonds is 5. The molecule has 0 radical (unpaired) electrons. The van der Waals surface area contributed by atoms with Gasteiger partial charge in [-0.05, 0) is 39.8 Å². The maximum Gasteiger partial charge on any atom is 0.340 e. The summed E-state index contributed by atoms with van der Waals surface area (Å²) in [7, 11) is 0. The lowest BCUT2D eigenvalue weighted by atomic mass is 10.1. The molecule has 0 aromatic heterocycles. The van der Waals surface area contributed by atoms with E-state index in [1.807, 2.05) is 13.0 Å². The third-order valence-electron chi connectivity index (χ3n) is 2.81. The summed E-state index contributed by atoms with van der Waals surface area (Å²) in [5.41, 5.74) is 7.93. The van der Waals surface area contributed by atoms with Crippen LogP contribution in [0.4, 0.5) is 11.4 Å². The van der Waals surface area contributed by atoms with Crippen molar-refractivity contribution in [3.05, 3.63) is 23.8 Å². The monoisotopic (exact) mass is 250 g/mol. The maximum atomic E-state index is 12.0. The van der Waals surface area contributed by atoms with Crippen molar-refractivity contribution in [2.24, 2.45) is 0 Å². The molecule has 0 unspecified atom stereocenters. The topological polar surface area (TPSA) is 55.6 Å². The second kappa shape index (κ2) is 6.28. The van der Waals surface area contributed by atoms with Crippen LogP contribution < -0.4 is 10.6 Å². The highest BCUT2D eigenvalue weighted by Gasteiger charge is 2.20. The van der Waals surface area contributed by atoms with Crippen molar-refractivity contribution < 1.29 is 9.53 Å². The van der Waals surface area contributed by atoms with E-state index < -0.39 is 0 Å². The number of nitrogens with zero attached hydrogens (tertiary/aromatic N) is 1. The molecule has 0 fully saturated rings. The Morgan fingerprint density at radius 2 is 2.06 bits per heavy atom. The fourth-order valence-electron chi connectivity index (χ4n) is 2.04. The summed E-state index contributed by atoms with van der Waals surface area (Å²) in [6, 6.07) is 5.62. The van der Waals surface area contributed by atoms with Crippen LogP contribution in [0.2, 0.25) is 0 Å². The van der Waals surface area contributed by atoms with Gasteiger partial charge >= 0.3 is 5.97 Å². The van der Waals surface area contributed by atoms with Gasteiger partial charge in [-0.15, -0.1) is 0 Å². The van der Waals surface area contributed by atoms with Gasteiger partial charge in [0.1, 0.15) is 0 Å². The Morgan fingerprint density at radius 1 is 1.39 bits per heavy atom. The predicted octanol–water partition coefficient (Wildman–Crippen LogP) is 2.68. The van der Waals surface area contributed by atoms with E-state index in [1.165, 1.54) is 0 Å². The number of nitrogens with two attached hydrogens (primary N) is 1. The lowest BCUT2D eigenvalue weighted by Gasteiger charge is -2.30. The third kappa shape index (κ3) is 2.94. The number of carbonyl (C=O) groups excluding carboxylic acids is 1. The first kappa shape index (κ1) is 14.4. The summed E-state index contributed by atoms with van der Waals surface area (Å²) in [5.74, 6) is -0.320. The fourth-order valence-corrected chi connectivity index (χ4v) is 2.04. The highest BCUT2D eigenvalue weighted by molar-refractivity contribution is 5.99. The summed E-state index contributed by atoms with van der Waals surface area (Å²) in [4.78, 5) is 14.1. The highest BCUT2D eigenvalue weighted by Crippen LogP contribution is 2.30. The Hall–Kier alpha value is -1.71. The fraction of sp³-hybridized carbons (Fsp3) is 0.500. The zero-order chi connectivity index (χ0) is 13.7. The molecule has 0 spiro atoms. The van der Waals surface area contributed by atoms with Crippen molar-refractivity contribution in [1.82, 2.24) is 0 Å². The van der Waals surface area contributed by atoms with Crippen LogP contribution in [-0.4, -0.2) is 25.2 Å². The van der Waals surface area contributed by atoms with Gasteiger partial charge in [-0.1, -0.05) is 6.07 Å². The van der Waals surface area contributed by atoms with E-state index in [0.717, 1.165) is 12.2 Å². The molecule has 0 amide bonds. The van der Waals surface area contributed by atoms with E-state index in [0.29, 0.717) is 17.9 Å². The molecule has 1 rings (SSSR count). The molecule has 0 bridgehead atoms. The van der Waals surface area contributed by atoms with Gasteiger partial charge in [0.2, 0.25) is 0 Å². The first-order valence-electron chi connectivity index (χ1n) is 6.35. The van der Waals surface area contributed by atoms with Crippen LogP contribution in [0.25, 0.3) is 0 Å². The number of benzene rings is 1.